The summed E-state index contributed by atoms with van der Waals surface area (Å²) >= 11 is 0. The Hall–Kier alpha value is -2.55. The number of aromatic amines is 1. The van der Waals surface area contributed by atoms with E-state index in [-0.39, 0.29) is 0 Å². The molecule has 0 saturated carbocycles. The molecule has 2 heterocycles. The molecule has 4 aromatic rings. The molecule has 0 saturated heterocycles. The fourth-order valence-corrected chi connectivity index (χ4v) is 2.95. The number of H-pyrrole nitrogens is 1. The highest BCUT2D eigenvalue weighted by molar-refractivity contribution is 5.96. The number of hydrogen-bond acceptors (Lipinski definition) is 1. The van der Waals surface area contributed by atoms with Gasteiger partial charge in [0.2, 0.25) is 0 Å². The molecule has 0 radical (unpaired) electrons. The number of aromatic nitrogens is 3. The zero-order valence-corrected chi connectivity index (χ0v) is 12.2. The van der Waals surface area contributed by atoms with Crippen molar-refractivity contribution in [3.63, 3.8) is 0 Å². The maximum absolute atomic E-state index is 4.75. The minimum absolute atomic E-state index is 0.944. The van der Waals surface area contributed by atoms with Crippen LogP contribution in [0.4, 0.5) is 0 Å². The van der Waals surface area contributed by atoms with Crippen molar-refractivity contribution in [1.29, 1.82) is 0 Å². The van der Waals surface area contributed by atoms with Gasteiger partial charge in [-0.2, -0.15) is 0 Å². The van der Waals surface area contributed by atoms with E-state index in [0.717, 1.165) is 23.4 Å². The standard InChI is InChI=1S/C18H17N3/c1-3-21-11-14(13-6-4-5-7-17(13)21)18-19-15-9-8-12(2)10-16(15)20-18/h4-11H,3H2,1-2H3,(H,19,20). The lowest BCUT2D eigenvalue weighted by Gasteiger charge is -1.97. The topological polar surface area (TPSA) is 33.6 Å². The second-order valence-corrected chi connectivity index (χ2v) is 5.45. The molecule has 0 bridgehead atoms. The number of benzene rings is 2. The normalized spacial score (nSPS) is 11.5. The Balaban J connectivity index is 1.99. The molecule has 1 N–H and O–H groups in total. The summed E-state index contributed by atoms with van der Waals surface area (Å²) in [5.74, 6) is 0.944. The molecular formula is C18H17N3. The summed E-state index contributed by atoms with van der Waals surface area (Å²) in [7, 11) is 0. The summed E-state index contributed by atoms with van der Waals surface area (Å²) in [4.78, 5) is 8.21. The van der Waals surface area contributed by atoms with E-state index < -0.39 is 0 Å². The van der Waals surface area contributed by atoms with Crippen LogP contribution in [0.25, 0.3) is 33.3 Å². The molecule has 21 heavy (non-hydrogen) atoms. The molecule has 0 aliphatic carbocycles. The Labute approximate surface area is 123 Å². The van der Waals surface area contributed by atoms with Gasteiger partial charge in [-0.1, -0.05) is 24.3 Å². The number of imidazole rings is 1. The first-order valence-corrected chi connectivity index (χ1v) is 7.31. The van der Waals surface area contributed by atoms with Gasteiger partial charge < -0.3 is 9.55 Å². The van der Waals surface area contributed by atoms with Crippen molar-refractivity contribution in [1.82, 2.24) is 14.5 Å². The van der Waals surface area contributed by atoms with Gasteiger partial charge in [-0.15, -0.1) is 0 Å². The Bertz CT molecular complexity index is 944. The number of nitrogens with zero attached hydrogens (tertiary/aromatic N) is 2. The molecule has 0 atom stereocenters. The zero-order chi connectivity index (χ0) is 14.4. The lowest BCUT2D eigenvalue weighted by molar-refractivity contribution is 0.798. The number of fused-ring (bicyclic) bond motifs is 2. The maximum Gasteiger partial charge on any atom is 0.140 e. The second kappa shape index (κ2) is 4.48. The Morgan fingerprint density at radius 3 is 2.86 bits per heavy atom. The smallest absolute Gasteiger partial charge is 0.140 e. The van der Waals surface area contributed by atoms with E-state index in [9.17, 15) is 0 Å². The van der Waals surface area contributed by atoms with Crippen LogP contribution in [0.2, 0.25) is 0 Å². The van der Waals surface area contributed by atoms with Crippen molar-refractivity contribution >= 4 is 21.9 Å². The number of aryl methyl sites for hydroxylation is 2. The fraction of sp³-hybridized carbons (Fsp3) is 0.167. The van der Waals surface area contributed by atoms with Crippen molar-refractivity contribution in [3.05, 3.63) is 54.2 Å². The molecule has 3 nitrogen and oxygen atoms in total. The molecule has 0 spiro atoms. The third-order valence-corrected chi connectivity index (χ3v) is 4.02. The summed E-state index contributed by atoms with van der Waals surface area (Å²) in [5.41, 5.74) is 5.78. The Morgan fingerprint density at radius 2 is 2.00 bits per heavy atom. The zero-order valence-electron chi connectivity index (χ0n) is 12.2. The molecule has 104 valence electrons. The highest BCUT2D eigenvalue weighted by atomic mass is 15.0. The molecule has 0 unspecified atom stereocenters. The number of nitrogens with one attached hydrogen (secondary N) is 1. The van der Waals surface area contributed by atoms with E-state index in [1.165, 1.54) is 22.0 Å². The van der Waals surface area contributed by atoms with Gasteiger partial charge >= 0.3 is 0 Å². The number of rotatable bonds is 2. The van der Waals surface area contributed by atoms with Crippen LogP contribution in [0, 0.1) is 6.92 Å². The SMILES string of the molecule is CCn1cc(-c2nc3ccc(C)cc3[nH]2)c2ccccc21. The van der Waals surface area contributed by atoms with Gasteiger partial charge in [-0.05, 0) is 37.6 Å². The molecule has 0 fully saturated rings. The van der Waals surface area contributed by atoms with Gasteiger partial charge in [0.1, 0.15) is 5.82 Å². The van der Waals surface area contributed by atoms with Gasteiger partial charge in [0, 0.05) is 29.2 Å². The first kappa shape index (κ1) is 12.2. The van der Waals surface area contributed by atoms with Crippen molar-refractivity contribution in [2.24, 2.45) is 0 Å². The Kier molecular flexibility index (Phi) is 2.61. The van der Waals surface area contributed by atoms with Crippen LogP contribution in [0.1, 0.15) is 12.5 Å². The molecular weight excluding hydrogens is 258 g/mol. The van der Waals surface area contributed by atoms with E-state index in [0.29, 0.717) is 0 Å². The van der Waals surface area contributed by atoms with Gasteiger partial charge in [0.05, 0.1) is 11.0 Å². The predicted molar refractivity (Wildman–Crippen MR) is 87.4 cm³/mol. The predicted octanol–water partition coefficient (Wildman–Crippen LogP) is 4.51. The van der Waals surface area contributed by atoms with E-state index in [1.54, 1.807) is 0 Å². The molecule has 3 heteroatoms. The minimum Gasteiger partial charge on any atom is -0.347 e. The van der Waals surface area contributed by atoms with Crippen LogP contribution in [0.15, 0.2) is 48.7 Å². The molecule has 0 amide bonds. The van der Waals surface area contributed by atoms with E-state index in [4.69, 9.17) is 4.98 Å². The van der Waals surface area contributed by atoms with Crippen molar-refractivity contribution in [3.8, 4) is 11.4 Å². The van der Waals surface area contributed by atoms with Crippen LogP contribution in [0.5, 0.6) is 0 Å². The van der Waals surface area contributed by atoms with Gasteiger partial charge in [-0.3, -0.25) is 0 Å². The highest BCUT2D eigenvalue weighted by Crippen LogP contribution is 2.30. The van der Waals surface area contributed by atoms with Crippen LogP contribution in [-0.4, -0.2) is 14.5 Å². The first-order chi connectivity index (χ1) is 10.3. The lowest BCUT2D eigenvalue weighted by Crippen LogP contribution is -1.89. The first-order valence-electron chi connectivity index (χ1n) is 7.31. The highest BCUT2D eigenvalue weighted by Gasteiger charge is 2.12. The number of hydrogen-bond donors (Lipinski definition) is 1. The lowest BCUT2D eigenvalue weighted by atomic mass is 10.2. The van der Waals surface area contributed by atoms with Gasteiger partial charge in [0.15, 0.2) is 0 Å². The third kappa shape index (κ3) is 1.85. The van der Waals surface area contributed by atoms with Crippen LogP contribution < -0.4 is 0 Å². The van der Waals surface area contributed by atoms with Gasteiger partial charge in [-0.25, -0.2) is 4.98 Å². The number of para-hydroxylation sites is 1. The monoisotopic (exact) mass is 275 g/mol. The molecule has 2 aromatic heterocycles. The average molecular weight is 275 g/mol. The third-order valence-electron chi connectivity index (χ3n) is 4.02. The van der Waals surface area contributed by atoms with E-state index in [1.807, 2.05) is 0 Å². The minimum atomic E-state index is 0.944. The maximum atomic E-state index is 4.75. The van der Waals surface area contributed by atoms with E-state index in [2.05, 4.69) is 72.1 Å². The van der Waals surface area contributed by atoms with Crippen molar-refractivity contribution in [2.75, 3.05) is 0 Å². The van der Waals surface area contributed by atoms with Crippen LogP contribution >= 0.6 is 0 Å². The molecule has 2 aromatic carbocycles. The van der Waals surface area contributed by atoms with Gasteiger partial charge in [0.25, 0.3) is 0 Å². The summed E-state index contributed by atoms with van der Waals surface area (Å²) in [6.45, 7) is 5.22. The quantitative estimate of drug-likeness (QED) is 0.573. The fourth-order valence-electron chi connectivity index (χ4n) is 2.95. The summed E-state index contributed by atoms with van der Waals surface area (Å²) in [6, 6.07) is 14.8. The van der Waals surface area contributed by atoms with Crippen molar-refractivity contribution < 1.29 is 0 Å². The molecule has 4 rings (SSSR count). The largest absolute Gasteiger partial charge is 0.347 e. The van der Waals surface area contributed by atoms with Crippen molar-refractivity contribution in [2.45, 2.75) is 20.4 Å². The summed E-state index contributed by atoms with van der Waals surface area (Å²) < 4.78 is 2.27. The second-order valence-electron chi connectivity index (χ2n) is 5.45. The van der Waals surface area contributed by atoms with Crippen LogP contribution in [-0.2, 0) is 6.54 Å². The molecule has 0 aliphatic rings. The molecule has 0 aliphatic heterocycles. The summed E-state index contributed by atoms with van der Waals surface area (Å²) in [5, 5.41) is 1.25. The Morgan fingerprint density at radius 1 is 1.14 bits per heavy atom. The van der Waals surface area contributed by atoms with E-state index >= 15 is 0 Å². The average Bonchev–Trinajstić information content (AvgIpc) is 3.07. The summed E-state index contributed by atoms with van der Waals surface area (Å²) in [6.07, 6.45) is 2.19. The van der Waals surface area contributed by atoms with Crippen LogP contribution in [0.3, 0.4) is 0 Å².